The monoisotopic (exact) mass is 410 g/mol. The Bertz CT molecular complexity index is 1060. The van der Waals surface area contributed by atoms with E-state index in [4.69, 9.17) is 21.1 Å². The lowest BCUT2D eigenvalue weighted by molar-refractivity contribution is -0.111. The van der Waals surface area contributed by atoms with Crippen LogP contribution >= 0.6 is 11.6 Å². The molecule has 0 saturated heterocycles. The van der Waals surface area contributed by atoms with Crippen molar-refractivity contribution in [3.05, 3.63) is 71.9 Å². The number of rotatable bonds is 7. The van der Waals surface area contributed by atoms with Gasteiger partial charge in [0.15, 0.2) is 0 Å². The van der Waals surface area contributed by atoms with E-state index in [-0.39, 0.29) is 16.8 Å². The first-order valence-electron chi connectivity index (χ1n) is 8.64. The van der Waals surface area contributed by atoms with Gasteiger partial charge in [0.1, 0.15) is 16.5 Å². The zero-order valence-electron chi connectivity index (χ0n) is 15.9. The number of benzene rings is 2. The third-order valence-corrected chi connectivity index (χ3v) is 4.08. The lowest BCUT2D eigenvalue weighted by atomic mass is 10.2. The molecule has 8 heteroatoms. The van der Waals surface area contributed by atoms with Crippen molar-refractivity contribution in [1.29, 1.82) is 0 Å². The first-order valence-corrected chi connectivity index (χ1v) is 9.02. The van der Waals surface area contributed by atoms with Gasteiger partial charge in [0.2, 0.25) is 17.7 Å². The minimum absolute atomic E-state index is 0.169. The van der Waals surface area contributed by atoms with Crippen LogP contribution in [0.25, 0.3) is 0 Å². The summed E-state index contributed by atoms with van der Waals surface area (Å²) >= 11 is 6.19. The van der Waals surface area contributed by atoms with Crippen molar-refractivity contribution in [3.8, 4) is 17.4 Å². The third-order valence-electron chi connectivity index (χ3n) is 3.82. The minimum Gasteiger partial charge on any atom is -0.495 e. The quantitative estimate of drug-likeness (QED) is 0.526. The average molecular weight is 411 g/mol. The number of ether oxygens (including phenoxy) is 2. The summed E-state index contributed by atoms with van der Waals surface area (Å²) in [6, 6.07) is 12.6. The number of halogens is 1. The van der Waals surface area contributed by atoms with Gasteiger partial charge in [0.05, 0.1) is 19.0 Å². The molecule has 0 unspecified atom stereocenters. The Morgan fingerprint density at radius 2 is 2.07 bits per heavy atom. The summed E-state index contributed by atoms with van der Waals surface area (Å²) < 4.78 is 11.2. The molecule has 3 aromatic rings. The molecule has 0 radical (unpaired) electrons. The highest BCUT2D eigenvalue weighted by Gasteiger charge is 2.11. The van der Waals surface area contributed by atoms with Crippen LogP contribution in [-0.2, 0) is 4.79 Å². The molecule has 148 valence electrons. The molecule has 2 N–H and O–H groups in total. The van der Waals surface area contributed by atoms with Crippen LogP contribution < -0.4 is 20.1 Å². The van der Waals surface area contributed by atoms with Crippen molar-refractivity contribution in [1.82, 2.24) is 9.97 Å². The predicted octanol–water partition coefficient (Wildman–Crippen LogP) is 5.11. The number of aryl methyl sites for hydroxylation is 1. The van der Waals surface area contributed by atoms with Crippen molar-refractivity contribution < 1.29 is 14.3 Å². The molecule has 3 rings (SSSR count). The first kappa shape index (κ1) is 20.2. The molecule has 0 bridgehead atoms. The Kier molecular flexibility index (Phi) is 6.31. The van der Waals surface area contributed by atoms with E-state index in [1.807, 2.05) is 25.1 Å². The van der Waals surface area contributed by atoms with Gasteiger partial charge in [-0.15, -0.1) is 0 Å². The fourth-order valence-corrected chi connectivity index (χ4v) is 2.58. The SMILES string of the molecule is C=CC(=O)Nc1cccc(Oc2nc(Nc3ccc(C)cc3OC)ncc2Cl)c1. The molecule has 0 fully saturated rings. The fraction of sp³-hybridized carbons (Fsp3) is 0.0952. The summed E-state index contributed by atoms with van der Waals surface area (Å²) in [5.41, 5.74) is 2.33. The highest BCUT2D eigenvalue weighted by atomic mass is 35.5. The molecule has 0 aliphatic carbocycles. The maximum atomic E-state index is 11.5. The summed E-state index contributed by atoms with van der Waals surface area (Å²) in [5, 5.41) is 6.00. The molecule has 7 nitrogen and oxygen atoms in total. The van der Waals surface area contributed by atoms with Crippen LogP contribution in [-0.4, -0.2) is 23.0 Å². The van der Waals surface area contributed by atoms with Crippen molar-refractivity contribution in [2.75, 3.05) is 17.7 Å². The van der Waals surface area contributed by atoms with E-state index in [1.54, 1.807) is 31.4 Å². The number of carbonyl (C=O) groups is 1. The molecule has 0 spiro atoms. The molecular formula is C21H19ClN4O3. The molecule has 0 atom stereocenters. The summed E-state index contributed by atoms with van der Waals surface area (Å²) in [6.07, 6.45) is 2.63. The highest BCUT2D eigenvalue weighted by Crippen LogP contribution is 2.31. The van der Waals surface area contributed by atoms with Crippen molar-refractivity contribution in [2.45, 2.75) is 6.92 Å². The van der Waals surface area contributed by atoms with Gasteiger partial charge in [-0.25, -0.2) is 4.98 Å². The third kappa shape index (κ3) is 5.24. The summed E-state index contributed by atoms with van der Waals surface area (Å²) in [7, 11) is 1.59. The number of nitrogens with one attached hydrogen (secondary N) is 2. The van der Waals surface area contributed by atoms with Crippen molar-refractivity contribution in [3.63, 3.8) is 0 Å². The molecule has 29 heavy (non-hydrogen) atoms. The summed E-state index contributed by atoms with van der Waals surface area (Å²) in [5.74, 6) is 1.26. The number of anilines is 3. The van der Waals surface area contributed by atoms with E-state index in [9.17, 15) is 4.79 Å². The van der Waals surface area contributed by atoms with Crippen LogP contribution in [0.4, 0.5) is 17.3 Å². The van der Waals surface area contributed by atoms with E-state index in [2.05, 4.69) is 27.2 Å². The number of hydrogen-bond acceptors (Lipinski definition) is 6. The van der Waals surface area contributed by atoms with E-state index in [0.29, 0.717) is 28.8 Å². The van der Waals surface area contributed by atoms with E-state index in [1.165, 1.54) is 12.3 Å². The van der Waals surface area contributed by atoms with Gasteiger partial charge in [0, 0.05) is 11.8 Å². The average Bonchev–Trinajstić information content (AvgIpc) is 2.72. The lowest BCUT2D eigenvalue weighted by Gasteiger charge is -2.12. The fourth-order valence-electron chi connectivity index (χ4n) is 2.45. The normalized spacial score (nSPS) is 10.2. The standard InChI is InChI=1S/C21H19ClN4O3/c1-4-19(27)24-14-6-5-7-15(11-14)29-20-16(22)12-23-21(26-20)25-17-9-8-13(2)10-18(17)28-3/h4-12H,1H2,2-3H3,(H,24,27)(H,23,25,26). The van der Waals surface area contributed by atoms with Gasteiger partial charge in [0.25, 0.3) is 0 Å². The zero-order chi connectivity index (χ0) is 20.8. The van der Waals surface area contributed by atoms with E-state index < -0.39 is 0 Å². The maximum Gasteiger partial charge on any atom is 0.247 e. The van der Waals surface area contributed by atoms with Crippen molar-refractivity contribution in [2.24, 2.45) is 0 Å². The molecule has 1 amide bonds. The second-order valence-electron chi connectivity index (χ2n) is 6.00. The predicted molar refractivity (Wildman–Crippen MR) is 113 cm³/mol. The zero-order valence-corrected chi connectivity index (χ0v) is 16.7. The number of amides is 1. The number of nitrogens with zero attached hydrogens (tertiary/aromatic N) is 2. The topological polar surface area (TPSA) is 85.4 Å². The van der Waals surface area contributed by atoms with Crippen LogP contribution in [0.2, 0.25) is 5.02 Å². The Morgan fingerprint density at radius 1 is 1.24 bits per heavy atom. The smallest absolute Gasteiger partial charge is 0.247 e. The largest absolute Gasteiger partial charge is 0.495 e. The molecule has 1 aromatic heterocycles. The number of aromatic nitrogens is 2. The van der Waals surface area contributed by atoms with E-state index >= 15 is 0 Å². The summed E-state index contributed by atoms with van der Waals surface area (Å²) in [4.78, 5) is 20.0. The van der Waals surface area contributed by atoms with Gasteiger partial charge in [-0.1, -0.05) is 30.3 Å². The number of carbonyl (C=O) groups excluding carboxylic acids is 1. The molecule has 0 aliphatic heterocycles. The van der Waals surface area contributed by atoms with Crippen LogP contribution in [0.15, 0.2) is 61.3 Å². The number of hydrogen-bond donors (Lipinski definition) is 2. The van der Waals surface area contributed by atoms with Crippen LogP contribution in [0.5, 0.6) is 17.4 Å². The van der Waals surface area contributed by atoms with Crippen molar-refractivity contribution >= 4 is 34.8 Å². The van der Waals surface area contributed by atoms with Gasteiger partial charge >= 0.3 is 0 Å². The van der Waals surface area contributed by atoms with Gasteiger partial charge in [-0.05, 0) is 42.8 Å². The highest BCUT2D eigenvalue weighted by molar-refractivity contribution is 6.31. The Balaban J connectivity index is 1.82. The van der Waals surface area contributed by atoms with Gasteiger partial charge in [-0.3, -0.25) is 4.79 Å². The van der Waals surface area contributed by atoms with Gasteiger partial charge in [-0.2, -0.15) is 4.98 Å². The first-order chi connectivity index (χ1) is 14.0. The summed E-state index contributed by atoms with van der Waals surface area (Å²) in [6.45, 7) is 5.40. The molecule has 1 heterocycles. The van der Waals surface area contributed by atoms with Gasteiger partial charge < -0.3 is 20.1 Å². The van der Waals surface area contributed by atoms with Crippen LogP contribution in [0, 0.1) is 6.92 Å². The second kappa shape index (κ2) is 9.07. The number of methoxy groups -OCH3 is 1. The lowest BCUT2D eigenvalue weighted by Crippen LogP contribution is -2.07. The molecule has 2 aromatic carbocycles. The molecule has 0 saturated carbocycles. The van der Waals surface area contributed by atoms with Crippen LogP contribution in [0.3, 0.4) is 0 Å². The maximum absolute atomic E-state index is 11.5. The second-order valence-corrected chi connectivity index (χ2v) is 6.41. The van der Waals surface area contributed by atoms with Crippen LogP contribution in [0.1, 0.15) is 5.56 Å². The Labute approximate surface area is 173 Å². The Hall–Kier alpha value is -3.58. The molecular weight excluding hydrogens is 392 g/mol. The van der Waals surface area contributed by atoms with E-state index in [0.717, 1.165) is 5.56 Å². The Morgan fingerprint density at radius 3 is 2.83 bits per heavy atom. The minimum atomic E-state index is -0.319. The molecule has 0 aliphatic rings.